The Kier molecular flexibility index (Phi) is 8.30. The maximum Gasteiger partial charge on any atom is 0.262 e. The SMILES string of the molecule is CC[C@H](Sc1nc2cc(OC)c(OC)cc2c(=O)n1Cc1ccco1)C(=O)Nc1ccc(OC)c(Cl)c1. The number of carbonyl (C=O) groups excluding carboxylic acids is 1. The summed E-state index contributed by atoms with van der Waals surface area (Å²) in [5.41, 5.74) is 0.672. The average Bonchev–Trinajstić information content (AvgIpc) is 3.42. The van der Waals surface area contributed by atoms with Crippen LogP contribution < -0.4 is 25.1 Å². The topological polar surface area (TPSA) is 105 Å². The molecule has 0 bridgehead atoms. The molecule has 11 heteroatoms. The highest BCUT2D eigenvalue weighted by atomic mass is 35.5. The molecule has 1 amide bonds. The average molecular weight is 544 g/mol. The largest absolute Gasteiger partial charge is 0.495 e. The van der Waals surface area contributed by atoms with Crippen LogP contribution in [0.5, 0.6) is 17.2 Å². The first-order valence-electron chi connectivity index (χ1n) is 11.4. The van der Waals surface area contributed by atoms with Gasteiger partial charge in [-0.05, 0) is 42.8 Å². The highest BCUT2D eigenvalue weighted by molar-refractivity contribution is 8.00. The van der Waals surface area contributed by atoms with Crippen molar-refractivity contribution in [1.29, 1.82) is 0 Å². The van der Waals surface area contributed by atoms with E-state index in [1.807, 2.05) is 6.92 Å². The second kappa shape index (κ2) is 11.6. The Morgan fingerprint density at radius 1 is 1.11 bits per heavy atom. The van der Waals surface area contributed by atoms with Gasteiger partial charge in [-0.1, -0.05) is 30.3 Å². The number of nitrogens with zero attached hydrogens (tertiary/aromatic N) is 2. The lowest BCUT2D eigenvalue weighted by Gasteiger charge is -2.18. The Morgan fingerprint density at radius 3 is 2.46 bits per heavy atom. The fourth-order valence-corrected chi connectivity index (χ4v) is 5.00. The highest BCUT2D eigenvalue weighted by Crippen LogP contribution is 2.33. The number of ether oxygens (including phenoxy) is 3. The van der Waals surface area contributed by atoms with Gasteiger partial charge < -0.3 is 23.9 Å². The fourth-order valence-electron chi connectivity index (χ4n) is 3.73. The Bertz CT molecular complexity index is 1470. The van der Waals surface area contributed by atoms with E-state index < -0.39 is 5.25 Å². The van der Waals surface area contributed by atoms with Crippen LogP contribution in [0.2, 0.25) is 5.02 Å². The van der Waals surface area contributed by atoms with Crippen LogP contribution in [0.4, 0.5) is 5.69 Å². The smallest absolute Gasteiger partial charge is 0.262 e. The number of anilines is 1. The third-order valence-electron chi connectivity index (χ3n) is 5.65. The van der Waals surface area contributed by atoms with E-state index in [1.165, 1.54) is 43.9 Å². The van der Waals surface area contributed by atoms with Crippen LogP contribution in [0.15, 0.2) is 63.1 Å². The Labute approximate surface area is 222 Å². The van der Waals surface area contributed by atoms with Crippen LogP contribution in [0.25, 0.3) is 10.9 Å². The van der Waals surface area contributed by atoms with Crippen LogP contribution in [-0.4, -0.2) is 42.0 Å². The molecule has 37 heavy (non-hydrogen) atoms. The van der Waals surface area contributed by atoms with Gasteiger partial charge in [-0.2, -0.15) is 0 Å². The predicted molar refractivity (Wildman–Crippen MR) is 143 cm³/mol. The van der Waals surface area contributed by atoms with Gasteiger partial charge in [0.05, 0.1) is 55.3 Å². The number of furan rings is 1. The van der Waals surface area contributed by atoms with Crippen molar-refractivity contribution in [2.45, 2.75) is 30.3 Å². The maximum absolute atomic E-state index is 13.6. The zero-order valence-electron chi connectivity index (χ0n) is 20.7. The number of aromatic nitrogens is 2. The standard InChI is InChI=1S/C26H26ClN3O6S/c1-5-23(24(31)28-15-8-9-20(33-2)18(27)11-15)37-26-29-19-13-22(35-4)21(34-3)12-17(19)25(32)30(26)14-16-7-6-10-36-16/h6-13,23H,5,14H2,1-4H3,(H,28,31)/t23-/m0/s1. The summed E-state index contributed by atoms with van der Waals surface area (Å²) in [7, 11) is 4.54. The van der Waals surface area contributed by atoms with Gasteiger partial charge in [0.2, 0.25) is 5.91 Å². The minimum Gasteiger partial charge on any atom is -0.495 e. The number of carbonyl (C=O) groups is 1. The number of methoxy groups -OCH3 is 3. The molecular formula is C26H26ClN3O6S. The zero-order valence-corrected chi connectivity index (χ0v) is 22.3. The monoisotopic (exact) mass is 543 g/mol. The lowest BCUT2D eigenvalue weighted by Crippen LogP contribution is -2.28. The first kappa shape index (κ1) is 26.4. The van der Waals surface area contributed by atoms with Crippen molar-refractivity contribution in [2.24, 2.45) is 0 Å². The van der Waals surface area contributed by atoms with Gasteiger partial charge >= 0.3 is 0 Å². The second-order valence-corrected chi connectivity index (χ2v) is 9.52. The molecule has 0 unspecified atom stereocenters. The van der Waals surface area contributed by atoms with E-state index in [-0.39, 0.29) is 18.0 Å². The normalized spacial score (nSPS) is 11.8. The molecule has 0 saturated carbocycles. The summed E-state index contributed by atoms with van der Waals surface area (Å²) in [6.45, 7) is 2.04. The molecule has 2 heterocycles. The molecule has 2 aromatic carbocycles. The summed E-state index contributed by atoms with van der Waals surface area (Å²) in [6, 6.07) is 11.8. The Hall–Kier alpha value is -3.63. The van der Waals surface area contributed by atoms with Crippen molar-refractivity contribution >= 4 is 45.9 Å². The van der Waals surface area contributed by atoms with Crippen LogP contribution in [0.3, 0.4) is 0 Å². The van der Waals surface area contributed by atoms with Gasteiger partial charge in [-0.25, -0.2) is 4.98 Å². The van der Waals surface area contributed by atoms with Crippen molar-refractivity contribution in [3.63, 3.8) is 0 Å². The molecule has 194 valence electrons. The molecule has 2 aromatic heterocycles. The number of hydrogen-bond donors (Lipinski definition) is 1. The van der Waals surface area contributed by atoms with Crippen LogP contribution in [0.1, 0.15) is 19.1 Å². The number of fused-ring (bicyclic) bond motifs is 1. The van der Waals surface area contributed by atoms with E-state index in [0.29, 0.717) is 56.2 Å². The summed E-state index contributed by atoms with van der Waals surface area (Å²) < 4.78 is 22.9. The number of amides is 1. The van der Waals surface area contributed by atoms with Gasteiger partial charge in [-0.3, -0.25) is 14.2 Å². The third kappa shape index (κ3) is 5.70. The second-order valence-electron chi connectivity index (χ2n) is 7.94. The van der Waals surface area contributed by atoms with Crippen LogP contribution >= 0.6 is 23.4 Å². The number of benzene rings is 2. The van der Waals surface area contributed by atoms with Crippen molar-refractivity contribution in [1.82, 2.24) is 9.55 Å². The quantitative estimate of drug-likeness (QED) is 0.214. The zero-order chi connectivity index (χ0) is 26.5. The summed E-state index contributed by atoms with van der Waals surface area (Å²) in [6.07, 6.45) is 2.03. The van der Waals surface area contributed by atoms with E-state index in [0.717, 1.165) is 0 Å². The van der Waals surface area contributed by atoms with Crippen molar-refractivity contribution in [2.75, 3.05) is 26.6 Å². The molecular weight excluding hydrogens is 518 g/mol. The van der Waals surface area contributed by atoms with Crippen molar-refractivity contribution < 1.29 is 23.4 Å². The van der Waals surface area contributed by atoms with Gasteiger partial charge in [-0.15, -0.1) is 0 Å². The van der Waals surface area contributed by atoms with Crippen molar-refractivity contribution in [3.05, 3.63) is 69.9 Å². The molecule has 1 N–H and O–H groups in total. The summed E-state index contributed by atoms with van der Waals surface area (Å²) in [4.78, 5) is 31.6. The lowest BCUT2D eigenvalue weighted by molar-refractivity contribution is -0.115. The third-order valence-corrected chi connectivity index (χ3v) is 7.30. The summed E-state index contributed by atoms with van der Waals surface area (Å²) >= 11 is 7.40. The molecule has 0 saturated heterocycles. The van der Waals surface area contributed by atoms with E-state index in [1.54, 1.807) is 42.5 Å². The van der Waals surface area contributed by atoms with E-state index in [9.17, 15) is 9.59 Å². The first-order chi connectivity index (χ1) is 17.9. The molecule has 0 aliphatic carbocycles. The van der Waals surface area contributed by atoms with Crippen LogP contribution in [-0.2, 0) is 11.3 Å². The number of halogens is 1. The van der Waals surface area contributed by atoms with Gasteiger partial charge in [0.15, 0.2) is 16.7 Å². The van der Waals surface area contributed by atoms with Crippen LogP contribution in [0, 0.1) is 0 Å². The molecule has 9 nitrogen and oxygen atoms in total. The molecule has 4 rings (SSSR count). The molecule has 0 spiro atoms. The van der Waals surface area contributed by atoms with Gasteiger partial charge in [0.1, 0.15) is 11.5 Å². The summed E-state index contributed by atoms with van der Waals surface area (Å²) in [5, 5.41) is 3.45. The number of rotatable bonds is 10. The van der Waals surface area contributed by atoms with E-state index in [4.69, 9.17) is 35.2 Å². The minimum absolute atomic E-state index is 0.150. The number of thioether (sulfide) groups is 1. The lowest BCUT2D eigenvalue weighted by atomic mass is 10.2. The molecule has 0 radical (unpaired) electrons. The molecule has 0 fully saturated rings. The first-order valence-corrected chi connectivity index (χ1v) is 12.6. The van der Waals surface area contributed by atoms with E-state index >= 15 is 0 Å². The summed E-state index contributed by atoms with van der Waals surface area (Å²) in [5.74, 6) is 1.71. The van der Waals surface area contributed by atoms with E-state index in [2.05, 4.69) is 5.32 Å². The predicted octanol–water partition coefficient (Wildman–Crippen LogP) is 5.23. The Morgan fingerprint density at radius 2 is 1.84 bits per heavy atom. The fraction of sp³-hybridized carbons (Fsp3) is 0.269. The molecule has 0 aliphatic rings. The molecule has 0 aliphatic heterocycles. The van der Waals surface area contributed by atoms with Gasteiger partial charge in [0.25, 0.3) is 5.56 Å². The maximum atomic E-state index is 13.6. The number of nitrogens with one attached hydrogen (secondary N) is 1. The molecule has 4 aromatic rings. The van der Waals surface area contributed by atoms with Crippen molar-refractivity contribution in [3.8, 4) is 17.2 Å². The minimum atomic E-state index is -0.548. The number of hydrogen-bond acceptors (Lipinski definition) is 8. The molecule has 1 atom stereocenters. The Balaban J connectivity index is 1.72. The highest BCUT2D eigenvalue weighted by Gasteiger charge is 2.24. The van der Waals surface area contributed by atoms with Gasteiger partial charge in [0, 0.05) is 11.8 Å².